The second-order valence-electron chi connectivity index (χ2n) is 5.55. The van der Waals surface area contributed by atoms with Gasteiger partial charge in [-0.3, -0.25) is 9.59 Å². The summed E-state index contributed by atoms with van der Waals surface area (Å²) in [6.07, 6.45) is 2.10. The molecule has 0 spiro atoms. The highest BCUT2D eigenvalue weighted by Gasteiger charge is 2.15. The van der Waals surface area contributed by atoms with E-state index >= 15 is 0 Å². The minimum Gasteiger partial charge on any atom is -0.356 e. The van der Waals surface area contributed by atoms with E-state index in [1.165, 1.54) is 6.07 Å². The van der Waals surface area contributed by atoms with Gasteiger partial charge in [0.1, 0.15) is 0 Å². The van der Waals surface area contributed by atoms with Gasteiger partial charge in [0.15, 0.2) is 17.4 Å². The molecule has 23 heavy (non-hydrogen) atoms. The molecule has 0 radical (unpaired) electrons. The number of Topliss-reactive ketones (excluding diaryl/α,β-unsaturated/α-hetero) is 1. The zero-order valence-corrected chi connectivity index (χ0v) is 13.6. The third-order valence-electron chi connectivity index (χ3n) is 3.86. The van der Waals surface area contributed by atoms with Crippen molar-refractivity contribution in [3.8, 4) is 0 Å². The van der Waals surface area contributed by atoms with E-state index in [4.69, 9.17) is 0 Å². The fraction of sp³-hybridized carbons (Fsp3) is 0.500. The summed E-state index contributed by atoms with van der Waals surface area (Å²) in [5.41, 5.74) is 0.0868. The predicted molar refractivity (Wildman–Crippen MR) is 85.8 cm³/mol. The highest BCUT2D eigenvalue weighted by Crippen LogP contribution is 2.12. The molecule has 0 aliphatic carbocycles. The Morgan fingerprint density at radius 3 is 2.65 bits per heavy atom. The monoisotopic (exact) mass is 346 g/mol. The Bertz CT molecular complexity index is 549. The molecule has 2 N–H and O–H groups in total. The molecule has 1 heterocycles. The Hall–Kier alpha value is -1.53. The highest BCUT2D eigenvalue weighted by atomic mass is 35.5. The number of carbonyl (C=O) groups excluding carboxylic acids is 2. The number of hydrogen-bond acceptors (Lipinski definition) is 3. The molecular weight excluding hydrogens is 326 g/mol. The number of halogens is 3. The minimum atomic E-state index is -1.06. The third-order valence-corrected chi connectivity index (χ3v) is 3.86. The number of ketones is 1. The maximum atomic E-state index is 13.0. The summed E-state index contributed by atoms with van der Waals surface area (Å²) < 4.78 is 25.8. The molecule has 1 fully saturated rings. The minimum absolute atomic E-state index is 0. The average molecular weight is 347 g/mol. The summed E-state index contributed by atoms with van der Waals surface area (Å²) in [6, 6.07) is 3.01. The maximum Gasteiger partial charge on any atom is 0.220 e. The SMILES string of the molecule is Cl.O=C(CCC(=O)c1ccc(F)c(F)c1)NCCC1CCNC1. The van der Waals surface area contributed by atoms with Crippen molar-refractivity contribution in [2.75, 3.05) is 19.6 Å². The first-order chi connectivity index (χ1) is 10.6. The van der Waals surface area contributed by atoms with Gasteiger partial charge in [0.25, 0.3) is 0 Å². The normalized spacial score (nSPS) is 16.7. The molecule has 1 unspecified atom stereocenters. The van der Waals surface area contributed by atoms with Gasteiger partial charge in [-0.15, -0.1) is 12.4 Å². The van der Waals surface area contributed by atoms with Crippen LogP contribution in [0.3, 0.4) is 0 Å². The van der Waals surface area contributed by atoms with Crippen LogP contribution in [0.2, 0.25) is 0 Å². The molecule has 1 aliphatic rings. The van der Waals surface area contributed by atoms with E-state index in [2.05, 4.69) is 10.6 Å². The van der Waals surface area contributed by atoms with Gasteiger partial charge < -0.3 is 10.6 Å². The average Bonchev–Trinajstić information content (AvgIpc) is 3.01. The highest BCUT2D eigenvalue weighted by molar-refractivity contribution is 5.97. The van der Waals surface area contributed by atoms with E-state index in [9.17, 15) is 18.4 Å². The summed E-state index contributed by atoms with van der Waals surface area (Å²) in [6.45, 7) is 2.62. The predicted octanol–water partition coefficient (Wildman–Crippen LogP) is 2.47. The lowest BCUT2D eigenvalue weighted by molar-refractivity contribution is -0.121. The van der Waals surface area contributed by atoms with E-state index in [-0.39, 0.29) is 42.5 Å². The molecular formula is C16H21ClF2N2O2. The first-order valence-electron chi connectivity index (χ1n) is 7.52. The van der Waals surface area contributed by atoms with Crippen molar-refractivity contribution in [3.05, 3.63) is 35.4 Å². The Labute approximate surface area is 140 Å². The molecule has 1 saturated heterocycles. The van der Waals surface area contributed by atoms with Crippen LogP contribution >= 0.6 is 12.4 Å². The van der Waals surface area contributed by atoms with Crippen LogP contribution in [0.25, 0.3) is 0 Å². The second-order valence-corrected chi connectivity index (χ2v) is 5.55. The number of hydrogen-bond donors (Lipinski definition) is 2. The lowest BCUT2D eigenvalue weighted by Crippen LogP contribution is -2.26. The van der Waals surface area contributed by atoms with Gasteiger partial charge in [0.05, 0.1) is 0 Å². The molecule has 0 aromatic heterocycles. The molecule has 1 amide bonds. The molecule has 7 heteroatoms. The van der Waals surface area contributed by atoms with E-state index in [1.807, 2.05) is 0 Å². The third kappa shape index (κ3) is 6.23. The van der Waals surface area contributed by atoms with Crippen LogP contribution in [0.15, 0.2) is 18.2 Å². The molecule has 1 aromatic carbocycles. The van der Waals surface area contributed by atoms with Crippen molar-refractivity contribution < 1.29 is 18.4 Å². The van der Waals surface area contributed by atoms with E-state index in [0.29, 0.717) is 12.5 Å². The zero-order chi connectivity index (χ0) is 15.9. The molecule has 4 nitrogen and oxygen atoms in total. The van der Waals surface area contributed by atoms with Gasteiger partial charge in [0.2, 0.25) is 5.91 Å². The van der Waals surface area contributed by atoms with Gasteiger partial charge in [-0.25, -0.2) is 8.78 Å². The van der Waals surface area contributed by atoms with Gasteiger partial charge in [-0.2, -0.15) is 0 Å². The van der Waals surface area contributed by atoms with Gasteiger partial charge >= 0.3 is 0 Å². The molecule has 0 bridgehead atoms. The molecule has 1 aromatic rings. The Balaban J connectivity index is 0.00000264. The summed E-state index contributed by atoms with van der Waals surface area (Å²) in [4.78, 5) is 23.5. The largest absolute Gasteiger partial charge is 0.356 e. The van der Waals surface area contributed by atoms with Crippen LogP contribution in [0.5, 0.6) is 0 Å². The van der Waals surface area contributed by atoms with Crippen LogP contribution in [-0.4, -0.2) is 31.3 Å². The van der Waals surface area contributed by atoms with Crippen molar-refractivity contribution in [1.29, 1.82) is 0 Å². The first kappa shape index (κ1) is 19.5. The summed E-state index contributed by atoms with van der Waals surface area (Å²) in [7, 11) is 0. The van der Waals surface area contributed by atoms with Gasteiger partial charge in [0, 0.05) is 24.9 Å². The van der Waals surface area contributed by atoms with Crippen molar-refractivity contribution >= 4 is 24.1 Å². The molecule has 1 atom stereocenters. The van der Waals surface area contributed by atoms with Crippen molar-refractivity contribution in [1.82, 2.24) is 10.6 Å². The number of amides is 1. The summed E-state index contributed by atoms with van der Waals surface area (Å²) in [5, 5.41) is 6.05. The van der Waals surface area contributed by atoms with Gasteiger partial charge in [-0.1, -0.05) is 0 Å². The number of rotatable bonds is 7. The second kappa shape index (κ2) is 9.57. The van der Waals surface area contributed by atoms with Crippen molar-refractivity contribution in [2.45, 2.75) is 25.7 Å². The fourth-order valence-electron chi connectivity index (χ4n) is 2.51. The summed E-state index contributed by atoms with van der Waals surface area (Å²) in [5.74, 6) is -2.00. The van der Waals surface area contributed by atoms with Crippen molar-refractivity contribution in [3.63, 3.8) is 0 Å². The topological polar surface area (TPSA) is 58.2 Å². The van der Waals surface area contributed by atoms with Crippen LogP contribution in [-0.2, 0) is 4.79 Å². The molecule has 0 saturated carbocycles. The first-order valence-corrected chi connectivity index (χ1v) is 7.52. The lowest BCUT2D eigenvalue weighted by Gasteiger charge is -2.09. The smallest absolute Gasteiger partial charge is 0.220 e. The number of nitrogens with one attached hydrogen (secondary N) is 2. The molecule has 2 rings (SSSR count). The maximum absolute atomic E-state index is 13.0. The van der Waals surface area contributed by atoms with Crippen LogP contribution in [0, 0.1) is 17.6 Å². The summed E-state index contributed by atoms with van der Waals surface area (Å²) >= 11 is 0. The van der Waals surface area contributed by atoms with E-state index < -0.39 is 11.6 Å². The van der Waals surface area contributed by atoms with Crippen LogP contribution < -0.4 is 10.6 Å². The Kier molecular flexibility index (Phi) is 8.12. The fourth-order valence-corrected chi connectivity index (χ4v) is 2.51. The van der Waals surface area contributed by atoms with E-state index in [0.717, 1.165) is 38.1 Å². The number of benzene rings is 1. The Morgan fingerprint density at radius 1 is 1.22 bits per heavy atom. The molecule has 128 valence electrons. The quantitative estimate of drug-likeness (QED) is 0.746. The van der Waals surface area contributed by atoms with Crippen LogP contribution in [0.1, 0.15) is 36.0 Å². The number of carbonyl (C=O) groups is 2. The zero-order valence-electron chi connectivity index (χ0n) is 12.7. The van der Waals surface area contributed by atoms with Crippen LogP contribution in [0.4, 0.5) is 8.78 Å². The standard InChI is InChI=1S/C16H20F2N2O2.ClH/c17-13-2-1-12(9-14(13)18)15(21)3-4-16(22)20-8-6-11-5-7-19-10-11;/h1-2,9,11,19H,3-8,10H2,(H,20,22);1H. The molecule has 1 aliphatic heterocycles. The van der Waals surface area contributed by atoms with Crippen molar-refractivity contribution in [2.24, 2.45) is 5.92 Å². The van der Waals surface area contributed by atoms with Gasteiger partial charge in [-0.05, 0) is 50.0 Å². The lowest BCUT2D eigenvalue weighted by atomic mass is 10.0. The van der Waals surface area contributed by atoms with E-state index in [1.54, 1.807) is 0 Å². The Morgan fingerprint density at radius 2 is 2.00 bits per heavy atom.